The second-order valence-electron chi connectivity index (χ2n) is 9.69. The van der Waals surface area contributed by atoms with E-state index < -0.39 is 0 Å². The van der Waals surface area contributed by atoms with Crippen molar-refractivity contribution >= 4 is 11.8 Å². The van der Waals surface area contributed by atoms with Crippen LogP contribution in [0.1, 0.15) is 76.0 Å². The maximum atomic E-state index is 12.5. The topological polar surface area (TPSA) is 109 Å². The quantitative estimate of drug-likeness (QED) is 0.622. The lowest BCUT2D eigenvalue weighted by Crippen LogP contribution is -2.62. The molecule has 2 amide bonds. The molecule has 2 aliphatic carbocycles. The van der Waals surface area contributed by atoms with Crippen molar-refractivity contribution in [3.8, 4) is 11.5 Å². The third kappa shape index (κ3) is 5.27. The van der Waals surface area contributed by atoms with E-state index in [2.05, 4.69) is 26.1 Å². The molecule has 176 valence electrons. The fourth-order valence-electron chi connectivity index (χ4n) is 5.54. The lowest BCUT2D eigenvalue weighted by atomic mass is 9.82. The van der Waals surface area contributed by atoms with Gasteiger partial charge in [-0.05, 0) is 57.1 Å². The van der Waals surface area contributed by atoms with Gasteiger partial charge in [0.2, 0.25) is 23.6 Å². The number of fused-ring (bicyclic) bond motifs is 1. The second kappa shape index (κ2) is 10.0. The van der Waals surface area contributed by atoms with Crippen LogP contribution in [0.5, 0.6) is 0 Å². The number of hydrogen-bond donors (Lipinski definition) is 3. The van der Waals surface area contributed by atoms with Crippen LogP contribution in [0.3, 0.4) is 0 Å². The molecule has 8 heteroatoms. The molecule has 5 rings (SSSR count). The molecule has 3 unspecified atom stereocenters. The van der Waals surface area contributed by atoms with Gasteiger partial charge in [-0.15, -0.1) is 10.2 Å². The molecule has 3 fully saturated rings. The van der Waals surface area contributed by atoms with Gasteiger partial charge in [-0.3, -0.25) is 14.9 Å². The summed E-state index contributed by atoms with van der Waals surface area (Å²) in [4.78, 5) is 24.9. The molecule has 2 aromatic rings. The van der Waals surface area contributed by atoms with Gasteiger partial charge in [0, 0.05) is 30.0 Å². The fraction of sp³-hybridized carbons (Fsp3) is 0.600. The number of amides is 2. The molecule has 3 N–H and O–H groups in total. The van der Waals surface area contributed by atoms with E-state index in [9.17, 15) is 9.59 Å². The van der Waals surface area contributed by atoms with Gasteiger partial charge in [0.1, 0.15) is 0 Å². The van der Waals surface area contributed by atoms with Crippen LogP contribution in [0.15, 0.2) is 34.7 Å². The zero-order chi connectivity index (χ0) is 22.6. The molecule has 1 aromatic heterocycles. The molecule has 1 aliphatic heterocycles. The van der Waals surface area contributed by atoms with E-state index in [1.165, 1.54) is 6.42 Å². The van der Waals surface area contributed by atoms with Crippen molar-refractivity contribution in [2.45, 2.75) is 88.4 Å². The SMILES string of the molecule is O=C(CCC1NC(=O)C2CCCCC2N1)NC1CCC(c2nnc(-c3ccccc3)o2)CC1. The van der Waals surface area contributed by atoms with Gasteiger partial charge < -0.3 is 15.1 Å². The number of carbonyl (C=O) groups excluding carboxylic acids is 2. The van der Waals surface area contributed by atoms with Crippen molar-refractivity contribution in [3.63, 3.8) is 0 Å². The molecular weight excluding hydrogens is 418 g/mol. The summed E-state index contributed by atoms with van der Waals surface area (Å²) in [7, 11) is 0. The van der Waals surface area contributed by atoms with Crippen molar-refractivity contribution in [2.75, 3.05) is 0 Å². The van der Waals surface area contributed by atoms with Crippen molar-refractivity contribution < 1.29 is 14.0 Å². The molecule has 3 aliphatic rings. The minimum atomic E-state index is -0.102. The molecule has 0 bridgehead atoms. The zero-order valence-corrected chi connectivity index (χ0v) is 19.0. The first-order valence-corrected chi connectivity index (χ1v) is 12.4. The fourth-order valence-corrected chi connectivity index (χ4v) is 5.54. The zero-order valence-electron chi connectivity index (χ0n) is 19.0. The first kappa shape index (κ1) is 22.1. The third-order valence-corrected chi connectivity index (χ3v) is 7.40. The van der Waals surface area contributed by atoms with E-state index >= 15 is 0 Å². The van der Waals surface area contributed by atoms with Gasteiger partial charge >= 0.3 is 0 Å². The summed E-state index contributed by atoms with van der Waals surface area (Å²) >= 11 is 0. The van der Waals surface area contributed by atoms with Crippen LogP contribution in [-0.2, 0) is 9.59 Å². The van der Waals surface area contributed by atoms with Crippen molar-refractivity contribution in [2.24, 2.45) is 5.92 Å². The second-order valence-corrected chi connectivity index (χ2v) is 9.69. The smallest absolute Gasteiger partial charge is 0.247 e. The van der Waals surface area contributed by atoms with Crippen LogP contribution in [0.2, 0.25) is 0 Å². The molecular formula is C25H33N5O3. The Bertz CT molecular complexity index is 954. The van der Waals surface area contributed by atoms with E-state index in [-0.39, 0.29) is 41.9 Å². The van der Waals surface area contributed by atoms with Crippen molar-refractivity contribution in [1.82, 2.24) is 26.1 Å². The maximum Gasteiger partial charge on any atom is 0.247 e. The van der Waals surface area contributed by atoms with Gasteiger partial charge in [-0.25, -0.2) is 0 Å². The molecule has 2 heterocycles. The maximum absolute atomic E-state index is 12.5. The summed E-state index contributed by atoms with van der Waals surface area (Å²) in [6, 6.07) is 10.3. The Hall–Kier alpha value is -2.74. The Balaban J connectivity index is 1.05. The summed E-state index contributed by atoms with van der Waals surface area (Å²) in [6.45, 7) is 0. The first-order chi connectivity index (χ1) is 16.2. The summed E-state index contributed by atoms with van der Waals surface area (Å²) in [6.07, 6.45) is 8.92. The Kier molecular flexibility index (Phi) is 6.71. The standard InChI is InChI=1S/C25H33N5O3/c31-22(15-14-21-27-20-9-5-4-8-19(20)23(32)28-21)26-18-12-10-17(11-13-18)25-30-29-24(33-25)16-6-2-1-3-7-16/h1-3,6-7,17-21,27H,4-5,8-15H2,(H,26,31)(H,28,32). The van der Waals surface area contributed by atoms with Crippen LogP contribution in [0.25, 0.3) is 11.5 Å². The normalized spacial score (nSPS) is 29.7. The minimum absolute atomic E-state index is 0.0596. The molecule has 2 saturated carbocycles. The van der Waals surface area contributed by atoms with Gasteiger partial charge in [0.25, 0.3) is 0 Å². The average molecular weight is 452 g/mol. The number of rotatable bonds is 6. The highest BCUT2D eigenvalue weighted by atomic mass is 16.4. The Labute approximate surface area is 194 Å². The monoisotopic (exact) mass is 451 g/mol. The van der Waals surface area contributed by atoms with E-state index in [1.54, 1.807) is 0 Å². The van der Waals surface area contributed by atoms with Gasteiger partial charge in [-0.1, -0.05) is 31.0 Å². The summed E-state index contributed by atoms with van der Waals surface area (Å²) < 4.78 is 5.93. The number of hydrogen-bond acceptors (Lipinski definition) is 6. The Morgan fingerprint density at radius 2 is 1.82 bits per heavy atom. The number of carbonyl (C=O) groups is 2. The molecule has 0 radical (unpaired) electrons. The number of benzene rings is 1. The number of nitrogens with one attached hydrogen (secondary N) is 3. The van der Waals surface area contributed by atoms with Crippen molar-refractivity contribution in [1.29, 1.82) is 0 Å². The highest BCUT2D eigenvalue weighted by Gasteiger charge is 2.37. The van der Waals surface area contributed by atoms with Crippen LogP contribution in [0, 0.1) is 5.92 Å². The molecule has 8 nitrogen and oxygen atoms in total. The highest BCUT2D eigenvalue weighted by Crippen LogP contribution is 2.33. The summed E-state index contributed by atoms with van der Waals surface area (Å²) in [5.41, 5.74) is 0.930. The molecule has 33 heavy (non-hydrogen) atoms. The average Bonchev–Trinajstić information content (AvgIpc) is 3.34. The van der Waals surface area contributed by atoms with Crippen LogP contribution in [-0.4, -0.2) is 40.3 Å². The molecule has 1 saturated heterocycles. The number of nitrogens with zero attached hydrogens (tertiary/aromatic N) is 2. The van der Waals surface area contributed by atoms with Crippen LogP contribution >= 0.6 is 0 Å². The molecule has 3 atom stereocenters. The minimum Gasteiger partial charge on any atom is -0.420 e. The lowest BCUT2D eigenvalue weighted by molar-refractivity contribution is -0.131. The largest absolute Gasteiger partial charge is 0.420 e. The Morgan fingerprint density at radius 3 is 2.64 bits per heavy atom. The van der Waals surface area contributed by atoms with Crippen molar-refractivity contribution in [3.05, 3.63) is 36.2 Å². The van der Waals surface area contributed by atoms with Gasteiger partial charge in [0.05, 0.1) is 12.1 Å². The number of aromatic nitrogens is 2. The highest BCUT2D eigenvalue weighted by molar-refractivity contribution is 5.81. The lowest BCUT2D eigenvalue weighted by Gasteiger charge is -2.40. The van der Waals surface area contributed by atoms with Crippen LogP contribution < -0.4 is 16.0 Å². The predicted octanol–water partition coefficient (Wildman–Crippen LogP) is 3.26. The molecule has 1 aromatic carbocycles. The van der Waals surface area contributed by atoms with E-state index in [0.717, 1.165) is 50.5 Å². The summed E-state index contributed by atoms with van der Waals surface area (Å²) in [5.74, 6) is 1.81. The van der Waals surface area contributed by atoms with Crippen LogP contribution in [0.4, 0.5) is 0 Å². The van der Waals surface area contributed by atoms with Gasteiger partial charge in [-0.2, -0.15) is 0 Å². The van der Waals surface area contributed by atoms with E-state index in [1.807, 2.05) is 30.3 Å². The van der Waals surface area contributed by atoms with E-state index in [4.69, 9.17) is 4.42 Å². The summed E-state index contributed by atoms with van der Waals surface area (Å²) in [5, 5.41) is 18.3. The third-order valence-electron chi connectivity index (χ3n) is 7.40. The van der Waals surface area contributed by atoms with E-state index in [0.29, 0.717) is 24.6 Å². The Morgan fingerprint density at radius 1 is 1.03 bits per heavy atom. The van der Waals surface area contributed by atoms with Gasteiger partial charge in [0.15, 0.2) is 0 Å². The predicted molar refractivity (Wildman–Crippen MR) is 123 cm³/mol. The molecule has 0 spiro atoms. The first-order valence-electron chi connectivity index (χ1n) is 12.4.